The van der Waals surface area contributed by atoms with Crippen LogP contribution in [0.4, 0.5) is 17.3 Å². The van der Waals surface area contributed by atoms with Crippen molar-refractivity contribution < 1.29 is 27.7 Å². The maximum absolute atomic E-state index is 13.5. The van der Waals surface area contributed by atoms with Gasteiger partial charge in [-0.3, -0.25) is 9.62 Å². The third kappa shape index (κ3) is 6.62. The first-order valence-electron chi connectivity index (χ1n) is 13.3. The lowest BCUT2D eigenvalue weighted by atomic mass is 10.1. The maximum Gasteiger partial charge on any atom is 0.263 e. The van der Waals surface area contributed by atoms with Gasteiger partial charge in [0, 0.05) is 31.7 Å². The highest BCUT2D eigenvalue weighted by Crippen LogP contribution is 2.42. The van der Waals surface area contributed by atoms with E-state index in [1.54, 1.807) is 42.5 Å². The number of anilines is 3. The lowest BCUT2D eigenvalue weighted by Crippen LogP contribution is -2.36. The van der Waals surface area contributed by atoms with Crippen molar-refractivity contribution in [2.45, 2.75) is 24.3 Å². The summed E-state index contributed by atoms with van der Waals surface area (Å²) < 4.78 is 46.5. The number of para-hydroxylation sites is 2. The average Bonchev–Trinajstić information content (AvgIpc) is 2.96. The molecule has 1 fully saturated rings. The molecule has 41 heavy (non-hydrogen) atoms. The molecule has 0 saturated carbocycles. The van der Waals surface area contributed by atoms with Crippen LogP contribution in [0.15, 0.2) is 65.6 Å². The zero-order chi connectivity index (χ0) is 28.8. The van der Waals surface area contributed by atoms with Gasteiger partial charge in [-0.2, -0.15) is 0 Å². The Morgan fingerprint density at radius 1 is 0.951 bits per heavy atom. The monoisotopic (exact) mass is 579 g/mol. The number of fused-ring (bicyclic) bond motifs is 1. The van der Waals surface area contributed by atoms with Gasteiger partial charge in [0.2, 0.25) is 0 Å². The summed E-state index contributed by atoms with van der Waals surface area (Å²) >= 11 is 0. The molecule has 3 N–H and O–H groups in total. The number of rotatable bonds is 13. The second-order valence-corrected chi connectivity index (χ2v) is 11.2. The van der Waals surface area contributed by atoms with E-state index in [-0.39, 0.29) is 29.7 Å². The number of hydrogen-bond acceptors (Lipinski definition) is 10. The van der Waals surface area contributed by atoms with Crippen molar-refractivity contribution in [2.24, 2.45) is 0 Å². The highest BCUT2D eigenvalue weighted by Gasteiger charge is 2.22. The number of aliphatic hydroxyl groups is 1. The molecule has 12 heteroatoms. The van der Waals surface area contributed by atoms with E-state index in [1.807, 2.05) is 18.2 Å². The van der Waals surface area contributed by atoms with Gasteiger partial charge < -0.3 is 24.6 Å². The summed E-state index contributed by atoms with van der Waals surface area (Å²) in [4.78, 5) is 11.7. The van der Waals surface area contributed by atoms with Crippen LogP contribution in [0.2, 0.25) is 0 Å². The Hall–Kier alpha value is -4.13. The van der Waals surface area contributed by atoms with Crippen LogP contribution in [-0.4, -0.2) is 68.9 Å². The van der Waals surface area contributed by atoms with E-state index in [0.717, 1.165) is 25.2 Å². The Balaban J connectivity index is 1.50. The van der Waals surface area contributed by atoms with Crippen LogP contribution in [0.1, 0.15) is 18.4 Å². The van der Waals surface area contributed by atoms with E-state index < -0.39 is 10.0 Å². The number of nitrogens with one attached hydrogen (secondary N) is 2. The largest absolute Gasteiger partial charge is 0.497 e. The number of methoxy groups -OCH3 is 2. The summed E-state index contributed by atoms with van der Waals surface area (Å²) in [6.07, 6.45) is 1.60. The predicted octanol–water partition coefficient (Wildman–Crippen LogP) is 4.16. The SMILES string of the molecule is COc1cc(Nc2nc3ccccc3nc2NS(=O)(=O)c2ccc(CN3CCC3)cc2)c(OCCCO)c(OC)c1. The summed E-state index contributed by atoms with van der Waals surface area (Å²) in [7, 11) is -0.977. The summed E-state index contributed by atoms with van der Waals surface area (Å²) in [5, 5.41) is 12.4. The van der Waals surface area contributed by atoms with Crippen LogP contribution < -0.4 is 24.2 Å². The Morgan fingerprint density at radius 2 is 1.66 bits per heavy atom. The van der Waals surface area contributed by atoms with Gasteiger partial charge in [0.1, 0.15) is 5.75 Å². The number of aliphatic hydroxyl groups excluding tert-OH is 1. The first-order chi connectivity index (χ1) is 19.9. The second kappa shape index (κ2) is 12.6. The van der Waals surface area contributed by atoms with Gasteiger partial charge >= 0.3 is 0 Å². The van der Waals surface area contributed by atoms with E-state index in [1.165, 1.54) is 20.6 Å². The van der Waals surface area contributed by atoms with Gasteiger partial charge in [-0.15, -0.1) is 0 Å². The standard InChI is InChI=1S/C29H33N5O6S/c1-38-21-17-25(27(26(18-21)39-2)40-16-6-15-35)32-28-29(31-24-8-4-3-7-23(24)30-28)33-41(36,37)22-11-9-20(10-12-22)19-34-13-5-14-34/h3-4,7-12,17-18,35H,5-6,13-16,19H2,1-2H3,(H,30,32)(H,31,33). The average molecular weight is 580 g/mol. The van der Waals surface area contributed by atoms with E-state index in [9.17, 15) is 13.5 Å². The van der Waals surface area contributed by atoms with Crippen molar-refractivity contribution >= 4 is 38.4 Å². The highest BCUT2D eigenvalue weighted by atomic mass is 32.2. The van der Waals surface area contributed by atoms with Crippen LogP contribution in [0.3, 0.4) is 0 Å². The molecule has 0 amide bonds. The third-order valence-electron chi connectivity index (χ3n) is 6.68. The molecule has 1 aliphatic rings. The molecule has 0 bridgehead atoms. The molecule has 1 aromatic heterocycles. The molecule has 1 saturated heterocycles. The minimum absolute atomic E-state index is 0.0106. The van der Waals surface area contributed by atoms with E-state index in [0.29, 0.717) is 40.4 Å². The molecule has 4 aromatic rings. The predicted molar refractivity (Wildman–Crippen MR) is 157 cm³/mol. The summed E-state index contributed by atoms with van der Waals surface area (Å²) in [5.74, 6) is 1.38. The van der Waals surface area contributed by atoms with Crippen LogP contribution in [0, 0.1) is 0 Å². The van der Waals surface area contributed by atoms with Gasteiger partial charge in [-0.25, -0.2) is 18.4 Å². The topological polar surface area (TPSA) is 135 Å². The number of likely N-dealkylation sites (tertiary alicyclic amines) is 1. The summed E-state index contributed by atoms with van der Waals surface area (Å²) in [5.41, 5.74) is 2.55. The normalized spacial score (nSPS) is 13.4. The lowest BCUT2D eigenvalue weighted by Gasteiger charge is -2.30. The summed E-state index contributed by atoms with van der Waals surface area (Å²) in [6.45, 7) is 3.11. The molecule has 0 unspecified atom stereocenters. The number of hydrogen-bond donors (Lipinski definition) is 3. The third-order valence-corrected chi connectivity index (χ3v) is 8.03. The number of nitrogens with zero attached hydrogens (tertiary/aromatic N) is 3. The van der Waals surface area contributed by atoms with Crippen LogP contribution in [0.5, 0.6) is 17.2 Å². The molecular weight excluding hydrogens is 546 g/mol. The molecule has 5 rings (SSSR count). The Kier molecular flexibility index (Phi) is 8.72. The van der Waals surface area contributed by atoms with Crippen LogP contribution in [-0.2, 0) is 16.6 Å². The first-order valence-corrected chi connectivity index (χ1v) is 14.8. The van der Waals surface area contributed by atoms with Crippen molar-refractivity contribution in [3.8, 4) is 17.2 Å². The van der Waals surface area contributed by atoms with Gasteiger partial charge in [0.15, 0.2) is 23.1 Å². The van der Waals surface area contributed by atoms with Gasteiger partial charge in [-0.1, -0.05) is 24.3 Å². The molecule has 1 aliphatic heterocycles. The molecular formula is C29H33N5O6S. The molecule has 2 heterocycles. The Bertz CT molecular complexity index is 1610. The van der Waals surface area contributed by atoms with E-state index in [2.05, 4.69) is 24.9 Å². The van der Waals surface area contributed by atoms with Crippen molar-refractivity contribution in [1.82, 2.24) is 14.9 Å². The van der Waals surface area contributed by atoms with Crippen molar-refractivity contribution in [1.29, 1.82) is 0 Å². The molecule has 0 radical (unpaired) electrons. The smallest absolute Gasteiger partial charge is 0.263 e. The first kappa shape index (κ1) is 28.4. The molecule has 0 spiro atoms. The minimum Gasteiger partial charge on any atom is -0.497 e. The van der Waals surface area contributed by atoms with E-state index >= 15 is 0 Å². The summed E-state index contributed by atoms with van der Waals surface area (Å²) in [6, 6.07) is 17.4. The van der Waals surface area contributed by atoms with Gasteiger partial charge in [0.25, 0.3) is 10.0 Å². The zero-order valence-electron chi connectivity index (χ0n) is 23.0. The van der Waals surface area contributed by atoms with Crippen LogP contribution >= 0.6 is 0 Å². The number of aromatic nitrogens is 2. The molecule has 11 nitrogen and oxygen atoms in total. The fourth-order valence-corrected chi connectivity index (χ4v) is 5.38. The van der Waals surface area contributed by atoms with E-state index in [4.69, 9.17) is 14.2 Å². The molecule has 0 atom stereocenters. The van der Waals surface area contributed by atoms with Crippen molar-refractivity contribution in [3.05, 3.63) is 66.2 Å². The maximum atomic E-state index is 13.5. The molecule has 0 aliphatic carbocycles. The highest BCUT2D eigenvalue weighted by molar-refractivity contribution is 7.92. The quantitative estimate of drug-likeness (QED) is 0.198. The fourth-order valence-electron chi connectivity index (χ4n) is 4.37. The lowest BCUT2D eigenvalue weighted by molar-refractivity contribution is 0.172. The minimum atomic E-state index is -4.00. The molecule has 3 aromatic carbocycles. The molecule has 216 valence electrons. The second-order valence-electron chi connectivity index (χ2n) is 9.55. The number of sulfonamides is 1. The number of ether oxygens (including phenoxy) is 3. The van der Waals surface area contributed by atoms with Crippen molar-refractivity contribution in [3.63, 3.8) is 0 Å². The zero-order valence-corrected chi connectivity index (χ0v) is 23.8. The number of benzene rings is 3. The Labute approximate surface area is 239 Å². The Morgan fingerprint density at radius 3 is 2.27 bits per heavy atom. The van der Waals surface area contributed by atoms with Crippen molar-refractivity contribution in [2.75, 3.05) is 50.6 Å². The van der Waals surface area contributed by atoms with Crippen LogP contribution in [0.25, 0.3) is 11.0 Å². The fraction of sp³-hybridized carbons (Fsp3) is 0.310. The van der Waals surface area contributed by atoms with Gasteiger partial charge in [-0.05, 0) is 49.3 Å². The van der Waals surface area contributed by atoms with Gasteiger partial charge in [0.05, 0.1) is 42.4 Å².